The van der Waals surface area contributed by atoms with Gasteiger partial charge in [0, 0.05) is 12.7 Å². The van der Waals surface area contributed by atoms with Crippen molar-refractivity contribution in [3.05, 3.63) is 29.3 Å². The lowest BCUT2D eigenvalue weighted by Gasteiger charge is -2.16. The molecule has 0 N–H and O–H groups in total. The van der Waals surface area contributed by atoms with Crippen molar-refractivity contribution >= 4 is 25.8 Å². The van der Waals surface area contributed by atoms with E-state index in [2.05, 4.69) is 29.8 Å². The van der Waals surface area contributed by atoms with Crippen LogP contribution in [0.25, 0.3) is 0 Å². The molecule has 1 atom stereocenters. The van der Waals surface area contributed by atoms with E-state index in [-0.39, 0.29) is 16.2 Å². The maximum atomic E-state index is 11.3. The highest BCUT2D eigenvalue weighted by Gasteiger charge is 2.30. The fraction of sp³-hybridized carbons (Fsp3) is 0.538. The van der Waals surface area contributed by atoms with Crippen molar-refractivity contribution in [1.29, 1.82) is 0 Å². The third kappa shape index (κ3) is 3.26. The van der Waals surface area contributed by atoms with E-state index in [1.54, 1.807) is 0 Å². The summed E-state index contributed by atoms with van der Waals surface area (Å²) in [7, 11) is -2.99. The smallest absolute Gasteiger partial charge is 0.148 e. The van der Waals surface area contributed by atoms with Crippen LogP contribution in [-0.4, -0.2) is 26.0 Å². The summed E-state index contributed by atoms with van der Waals surface area (Å²) in [6.07, 6.45) is 2.11. The first-order chi connectivity index (χ1) is 8.16. The Morgan fingerprint density at radius 2 is 2.11 bits per heavy atom. The normalized spacial score (nSPS) is 19.1. The summed E-state index contributed by atoms with van der Waals surface area (Å²) in [6.45, 7) is 4.10. The molecule has 0 aromatic heterocycles. The number of rotatable bonds is 3. The van der Waals surface area contributed by atoms with E-state index in [4.69, 9.17) is 4.74 Å². The van der Waals surface area contributed by atoms with E-state index >= 15 is 0 Å². The molecule has 3 nitrogen and oxygen atoms in total. The summed E-state index contributed by atoms with van der Waals surface area (Å²) in [5.74, 6) is 1.01. The van der Waals surface area contributed by atoms with Crippen LogP contribution in [-0.2, 0) is 16.3 Å². The minimum Gasteiger partial charge on any atom is -0.487 e. The molecule has 0 bridgehead atoms. The third-order valence-corrected chi connectivity index (χ3v) is 5.12. The number of alkyl halides is 1. The largest absolute Gasteiger partial charge is 0.487 e. The van der Waals surface area contributed by atoms with Gasteiger partial charge in [-0.1, -0.05) is 28.1 Å². The second kappa shape index (κ2) is 4.53. The van der Waals surface area contributed by atoms with Crippen LogP contribution in [0.4, 0.5) is 0 Å². The standard InChI is InChI=1S/C13H17BrO3S/c1-13(2)7-10-6-9(4-5-12(10)17-13)11(14)8-18(3,15)16/h4-6,11H,7-8H2,1-3H3. The van der Waals surface area contributed by atoms with Crippen LogP contribution >= 0.6 is 15.9 Å². The number of fused-ring (bicyclic) bond motifs is 1. The average Bonchev–Trinajstić information content (AvgIpc) is 2.47. The highest BCUT2D eigenvalue weighted by atomic mass is 79.9. The molecule has 100 valence electrons. The summed E-state index contributed by atoms with van der Waals surface area (Å²) in [5.41, 5.74) is 1.97. The van der Waals surface area contributed by atoms with E-state index in [0.29, 0.717) is 0 Å². The van der Waals surface area contributed by atoms with E-state index in [1.807, 2.05) is 18.2 Å². The van der Waals surface area contributed by atoms with Gasteiger partial charge in [-0.3, -0.25) is 0 Å². The first-order valence-electron chi connectivity index (χ1n) is 5.80. The fourth-order valence-electron chi connectivity index (χ4n) is 2.19. The number of hydrogen-bond acceptors (Lipinski definition) is 3. The SMILES string of the molecule is CC1(C)Cc2cc(C(Br)CS(C)(=O)=O)ccc2O1. The summed E-state index contributed by atoms with van der Waals surface area (Å²) in [4.78, 5) is -0.165. The highest BCUT2D eigenvalue weighted by Crippen LogP contribution is 2.37. The molecule has 1 heterocycles. The topological polar surface area (TPSA) is 43.4 Å². The fourth-order valence-corrected chi connectivity index (χ4v) is 4.64. The molecule has 0 saturated carbocycles. The lowest BCUT2D eigenvalue weighted by Crippen LogP contribution is -2.24. The molecule has 1 aliphatic heterocycles. The summed E-state index contributed by atoms with van der Waals surface area (Å²) in [6, 6.07) is 5.88. The van der Waals surface area contributed by atoms with Crippen molar-refractivity contribution < 1.29 is 13.2 Å². The zero-order valence-corrected chi connectivity index (χ0v) is 13.1. The molecule has 18 heavy (non-hydrogen) atoms. The van der Waals surface area contributed by atoms with Crippen LogP contribution in [0.1, 0.15) is 29.8 Å². The van der Waals surface area contributed by atoms with Crippen LogP contribution in [0.5, 0.6) is 5.75 Å². The summed E-state index contributed by atoms with van der Waals surface area (Å²) in [5, 5.41) is 0. The van der Waals surface area contributed by atoms with Crippen molar-refractivity contribution in [3.63, 3.8) is 0 Å². The molecule has 1 unspecified atom stereocenters. The monoisotopic (exact) mass is 332 g/mol. The van der Waals surface area contributed by atoms with Gasteiger partial charge in [0.15, 0.2) is 0 Å². The second-order valence-corrected chi connectivity index (χ2v) is 8.76. The molecular formula is C13H17BrO3S. The molecule has 0 saturated heterocycles. The maximum Gasteiger partial charge on any atom is 0.148 e. The van der Waals surface area contributed by atoms with Crippen LogP contribution in [0.2, 0.25) is 0 Å². The van der Waals surface area contributed by atoms with Crippen LogP contribution in [0.15, 0.2) is 18.2 Å². The van der Waals surface area contributed by atoms with E-state index in [0.717, 1.165) is 23.3 Å². The predicted octanol–water partition coefficient (Wildman–Crippen LogP) is 2.88. The Morgan fingerprint density at radius 1 is 1.44 bits per heavy atom. The van der Waals surface area contributed by atoms with Crippen molar-refractivity contribution in [2.45, 2.75) is 30.7 Å². The Kier molecular flexibility index (Phi) is 3.49. The van der Waals surface area contributed by atoms with Crippen LogP contribution < -0.4 is 4.74 Å². The van der Waals surface area contributed by atoms with Crippen molar-refractivity contribution in [2.75, 3.05) is 12.0 Å². The van der Waals surface area contributed by atoms with Crippen molar-refractivity contribution in [2.24, 2.45) is 0 Å². The Morgan fingerprint density at radius 3 is 2.72 bits per heavy atom. The minimum atomic E-state index is -2.99. The Hall–Kier alpha value is -0.550. The minimum absolute atomic E-state index is 0.107. The lowest BCUT2D eigenvalue weighted by atomic mass is 10.00. The Balaban J connectivity index is 2.24. The predicted molar refractivity (Wildman–Crippen MR) is 76.2 cm³/mol. The molecule has 1 aliphatic rings. The first-order valence-corrected chi connectivity index (χ1v) is 8.77. The molecule has 0 amide bonds. The molecule has 0 fully saturated rings. The van der Waals surface area contributed by atoms with Gasteiger partial charge in [0.25, 0.3) is 0 Å². The zero-order valence-electron chi connectivity index (χ0n) is 10.7. The van der Waals surface area contributed by atoms with Crippen molar-refractivity contribution in [1.82, 2.24) is 0 Å². The van der Waals surface area contributed by atoms with Crippen LogP contribution in [0, 0.1) is 0 Å². The Labute approximate surface area is 117 Å². The molecule has 1 aromatic rings. The lowest BCUT2D eigenvalue weighted by molar-refractivity contribution is 0.138. The molecule has 2 rings (SSSR count). The summed E-state index contributed by atoms with van der Waals surface area (Å²) >= 11 is 3.44. The highest BCUT2D eigenvalue weighted by molar-refractivity contribution is 9.09. The maximum absolute atomic E-state index is 11.3. The number of halogens is 1. The van der Waals surface area contributed by atoms with E-state index in [1.165, 1.54) is 6.26 Å². The number of sulfone groups is 1. The number of ether oxygens (including phenoxy) is 1. The third-order valence-electron chi connectivity index (χ3n) is 2.90. The summed E-state index contributed by atoms with van der Waals surface area (Å²) < 4.78 is 28.4. The van der Waals surface area contributed by atoms with Gasteiger partial charge in [-0.25, -0.2) is 8.42 Å². The second-order valence-electron chi connectivity index (χ2n) is 5.47. The van der Waals surface area contributed by atoms with Crippen LogP contribution in [0.3, 0.4) is 0 Å². The zero-order chi connectivity index (χ0) is 13.6. The van der Waals surface area contributed by atoms with Gasteiger partial charge in [-0.15, -0.1) is 0 Å². The van der Waals surface area contributed by atoms with Gasteiger partial charge < -0.3 is 4.74 Å². The average molecular weight is 333 g/mol. The number of benzene rings is 1. The van der Waals surface area contributed by atoms with Crippen molar-refractivity contribution in [3.8, 4) is 5.75 Å². The molecule has 0 spiro atoms. The molecular weight excluding hydrogens is 316 g/mol. The molecule has 0 aliphatic carbocycles. The first kappa shape index (κ1) is 13.9. The Bertz CT molecular complexity index is 564. The van der Waals surface area contributed by atoms with Gasteiger partial charge in [0.05, 0.1) is 10.6 Å². The van der Waals surface area contributed by atoms with Gasteiger partial charge >= 0.3 is 0 Å². The van der Waals surface area contributed by atoms with E-state index in [9.17, 15) is 8.42 Å². The van der Waals surface area contributed by atoms with Gasteiger partial charge in [-0.05, 0) is 31.0 Å². The van der Waals surface area contributed by atoms with Gasteiger partial charge in [-0.2, -0.15) is 0 Å². The van der Waals surface area contributed by atoms with Gasteiger partial charge in [0.2, 0.25) is 0 Å². The quantitative estimate of drug-likeness (QED) is 0.799. The van der Waals surface area contributed by atoms with Gasteiger partial charge in [0.1, 0.15) is 21.2 Å². The molecule has 0 radical (unpaired) electrons. The number of hydrogen-bond donors (Lipinski definition) is 0. The van der Waals surface area contributed by atoms with E-state index < -0.39 is 9.84 Å². The molecule has 1 aromatic carbocycles. The molecule has 5 heteroatoms.